The van der Waals surface area contributed by atoms with Crippen LogP contribution in [-0.4, -0.2) is 18.5 Å². The molecule has 1 aliphatic heterocycles. The molecule has 0 aromatic heterocycles. The first kappa shape index (κ1) is 14.1. The summed E-state index contributed by atoms with van der Waals surface area (Å²) in [4.78, 5) is 12.2. The van der Waals surface area contributed by atoms with Crippen LogP contribution in [0.4, 0.5) is 5.69 Å². The van der Waals surface area contributed by atoms with E-state index in [1.807, 2.05) is 18.2 Å². The van der Waals surface area contributed by atoms with E-state index in [0.29, 0.717) is 5.92 Å². The second-order valence-corrected chi connectivity index (χ2v) is 5.33. The summed E-state index contributed by atoms with van der Waals surface area (Å²) in [5, 5.41) is 6.47. The van der Waals surface area contributed by atoms with E-state index < -0.39 is 0 Å². The van der Waals surface area contributed by atoms with Crippen molar-refractivity contribution in [2.75, 3.05) is 11.9 Å². The van der Waals surface area contributed by atoms with E-state index in [1.54, 1.807) is 0 Å². The summed E-state index contributed by atoms with van der Waals surface area (Å²) in [6, 6.07) is 8.02. The molecule has 2 N–H and O–H groups in total. The molecule has 1 amide bonds. The molecular formula is C16H24N2O. The molecule has 0 saturated heterocycles. The maximum absolute atomic E-state index is 12.2. The molecular weight excluding hydrogens is 236 g/mol. The van der Waals surface area contributed by atoms with Crippen LogP contribution in [0, 0.1) is 5.92 Å². The number of hydrogen-bond donors (Lipinski definition) is 2. The highest BCUT2D eigenvalue weighted by atomic mass is 16.2. The molecule has 0 saturated carbocycles. The van der Waals surface area contributed by atoms with Gasteiger partial charge < -0.3 is 10.6 Å². The van der Waals surface area contributed by atoms with Gasteiger partial charge in [0, 0.05) is 5.69 Å². The molecule has 0 bridgehead atoms. The van der Waals surface area contributed by atoms with Gasteiger partial charge in [-0.2, -0.15) is 0 Å². The van der Waals surface area contributed by atoms with E-state index in [0.717, 1.165) is 37.9 Å². The van der Waals surface area contributed by atoms with Crippen molar-refractivity contribution in [1.29, 1.82) is 0 Å². The zero-order valence-corrected chi connectivity index (χ0v) is 11.9. The summed E-state index contributed by atoms with van der Waals surface area (Å²) >= 11 is 0. The number of benzene rings is 1. The van der Waals surface area contributed by atoms with Crippen molar-refractivity contribution >= 4 is 11.6 Å². The molecule has 19 heavy (non-hydrogen) atoms. The Hall–Kier alpha value is -1.35. The molecule has 1 heterocycles. The zero-order valence-electron chi connectivity index (χ0n) is 11.9. The molecule has 3 nitrogen and oxygen atoms in total. The molecule has 1 aromatic rings. The van der Waals surface area contributed by atoms with Gasteiger partial charge in [-0.15, -0.1) is 0 Å². The summed E-state index contributed by atoms with van der Waals surface area (Å²) in [5.74, 6) is 0.773. The van der Waals surface area contributed by atoms with E-state index >= 15 is 0 Å². The number of hydrogen-bond acceptors (Lipinski definition) is 2. The molecule has 0 spiro atoms. The van der Waals surface area contributed by atoms with Gasteiger partial charge in [0.05, 0.1) is 6.04 Å². The normalized spacial score (nSPS) is 18.9. The lowest BCUT2D eigenvalue weighted by atomic mass is 10.0. The van der Waals surface area contributed by atoms with Gasteiger partial charge in [-0.05, 0) is 36.9 Å². The van der Waals surface area contributed by atoms with Gasteiger partial charge >= 0.3 is 0 Å². The Labute approximate surface area is 115 Å². The molecule has 0 aliphatic carbocycles. The molecule has 0 fully saturated rings. The smallest absolute Gasteiger partial charge is 0.241 e. The van der Waals surface area contributed by atoms with Crippen LogP contribution in [0.1, 0.15) is 38.7 Å². The van der Waals surface area contributed by atoms with Crippen molar-refractivity contribution in [3.8, 4) is 0 Å². The van der Waals surface area contributed by atoms with E-state index in [9.17, 15) is 4.79 Å². The van der Waals surface area contributed by atoms with Gasteiger partial charge in [0.15, 0.2) is 0 Å². The molecule has 1 atom stereocenters. The van der Waals surface area contributed by atoms with E-state index in [4.69, 9.17) is 0 Å². The number of para-hydroxylation sites is 1. The summed E-state index contributed by atoms with van der Waals surface area (Å²) in [6.07, 6.45) is 4.16. The van der Waals surface area contributed by atoms with Gasteiger partial charge in [-0.25, -0.2) is 0 Å². The summed E-state index contributed by atoms with van der Waals surface area (Å²) < 4.78 is 0. The number of anilines is 1. The number of amides is 1. The molecule has 0 radical (unpaired) electrons. The van der Waals surface area contributed by atoms with Crippen molar-refractivity contribution < 1.29 is 4.79 Å². The third-order valence-corrected chi connectivity index (χ3v) is 4.10. The summed E-state index contributed by atoms with van der Waals surface area (Å²) in [7, 11) is 0. The second kappa shape index (κ2) is 6.71. The second-order valence-electron chi connectivity index (χ2n) is 5.33. The van der Waals surface area contributed by atoms with Crippen molar-refractivity contribution in [1.82, 2.24) is 5.32 Å². The Balaban J connectivity index is 1.96. The van der Waals surface area contributed by atoms with Gasteiger partial charge in [0.25, 0.3) is 0 Å². The van der Waals surface area contributed by atoms with Crippen molar-refractivity contribution in [3.05, 3.63) is 29.8 Å². The zero-order chi connectivity index (χ0) is 13.7. The molecule has 1 aromatic carbocycles. The van der Waals surface area contributed by atoms with Crippen LogP contribution in [0.15, 0.2) is 24.3 Å². The summed E-state index contributed by atoms with van der Waals surface area (Å²) in [5.41, 5.74) is 2.21. The number of aryl methyl sites for hydroxylation is 1. The van der Waals surface area contributed by atoms with Gasteiger partial charge in [-0.1, -0.05) is 44.9 Å². The average Bonchev–Trinajstić information content (AvgIpc) is 2.59. The highest BCUT2D eigenvalue weighted by molar-refractivity contribution is 5.96. The fraction of sp³-hybridized carbons (Fsp3) is 0.562. The van der Waals surface area contributed by atoms with Crippen LogP contribution in [0.3, 0.4) is 0 Å². The first-order chi connectivity index (χ1) is 9.24. The quantitative estimate of drug-likeness (QED) is 0.854. The van der Waals surface area contributed by atoms with Gasteiger partial charge in [-0.3, -0.25) is 4.79 Å². The van der Waals surface area contributed by atoms with E-state index in [-0.39, 0.29) is 11.9 Å². The maximum atomic E-state index is 12.2. The van der Waals surface area contributed by atoms with Crippen molar-refractivity contribution in [2.24, 2.45) is 5.92 Å². The Morgan fingerprint density at radius 3 is 2.79 bits per heavy atom. The first-order valence-electron chi connectivity index (χ1n) is 7.36. The number of fused-ring (bicyclic) bond motifs is 1. The highest BCUT2D eigenvalue weighted by Gasteiger charge is 2.23. The van der Waals surface area contributed by atoms with Crippen LogP contribution in [0.2, 0.25) is 0 Å². The lowest BCUT2D eigenvalue weighted by Gasteiger charge is -2.19. The largest absolute Gasteiger partial charge is 0.324 e. The fourth-order valence-electron chi connectivity index (χ4n) is 2.59. The third-order valence-electron chi connectivity index (χ3n) is 4.10. The van der Waals surface area contributed by atoms with Gasteiger partial charge in [0.1, 0.15) is 0 Å². The van der Waals surface area contributed by atoms with Crippen molar-refractivity contribution in [2.45, 2.75) is 45.6 Å². The van der Waals surface area contributed by atoms with E-state index in [1.165, 1.54) is 5.56 Å². The lowest BCUT2D eigenvalue weighted by Crippen LogP contribution is -2.41. The first-order valence-corrected chi connectivity index (χ1v) is 7.36. The van der Waals surface area contributed by atoms with E-state index in [2.05, 4.69) is 30.5 Å². The Bertz CT molecular complexity index is 427. The highest BCUT2D eigenvalue weighted by Crippen LogP contribution is 2.21. The Morgan fingerprint density at radius 1 is 1.32 bits per heavy atom. The Morgan fingerprint density at radius 2 is 2.05 bits per heavy atom. The topological polar surface area (TPSA) is 41.1 Å². The number of carbonyl (C=O) groups is 1. The standard InChI is InChI=1S/C16H24N2O/c1-3-12(4-2)11-17-15-10-9-13-7-5-6-8-14(13)18-16(15)19/h5-8,12,15,17H,3-4,9-11H2,1-2H3,(H,18,19). The number of carbonyl (C=O) groups excluding carboxylic acids is 1. The van der Waals surface area contributed by atoms with Crippen LogP contribution < -0.4 is 10.6 Å². The van der Waals surface area contributed by atoms with Crippen LogP contribution in [-0.2, 0) is 11.2 Å². The molecule has 1 unspecified atom stereocenters. The summed E-state index contributed by atoms with van der Waals surface area (Å²) in [6.45, 7) is 5.35. The minimum Gasteiger partial charge on any atom is -0.324 e. The molecule has 3 heteroatoms. The predicted octanol–water partition coefficient (Wildman–Crippen LogP) is 2.97. The minimum atomic E-state index is -0.0620. The monoisotopic (exact) mass is 260 g/mol. The molecule has 2 rings (SSSR count). The van der Waals surface area contributed by atoms with Crippen LogP contribution in [0.25, 0.3) is 0 Å². The number of nitrogens with one attached hydrogen (secondary N) is 2. The van der Waals surface area contributed by atoms with Crippen LogP contribution in [0.5, 0.6) is 0 Å². The molecule has 104 valence electrons. The van der Waals surface area contributed by atoms with Crippen molar-refractivity contribution in [3.63, 3.8) is 0 Å². The third kappa shape index (κ3) is 3.57. The fourth-order valence-corrected chi connectivity index (χ4v) is 2.59. The SMILES string of the molecule is CCC(CC)CNC1CCc2ccccc2NC1=O. The minimum absolute atomic E-state index is 0.0620. The number of rotatable bonds is 5. The maximum Gasteiger partial charge on any atom is 0.241 e. The predicted molar refractivity (Wildman–Crippen MR) is 79.3 cm³/mol. The Kier molecular flexibility index (Phi) is 4.97. The van der Waals surface area contributed by atoms with Crippen LogP contribution >= 0.6 is 0 Å². The average molecular weight is 260 g/mol. The molecule has 1 aliphatic rings. The van der Waals surface area contributed by atoms with Gasteiger partial charge in [0.2, 0.25) is 5.91 Å². The lowest BCUT2D eigenvalue weighted by molar-refractivity contribution is -0.118.